The van der Waals surface area contributed by atoms with Crippen molar-refractivity contribution in [2.75, 3.05) is 25.7 Å². The van der Waals surface area contributed by atoms with Gasteiger partial charge in [0.1, 0.15) is 4.90 Å². The number of rotatable bonds is 8. The fourth-order valence-electron chi connectivity index (χ4n) is 1.39. The van der Waals surface area contributed by atoms with Crippen LogP contribution in [-0.4, -0.2) is 33.7 Å². The SMILES string of the molecule is COCCCCNS(=O)(=O)c1cc(Br)cnc1NN. The predicted molar refractivity (Wildman–Crippen MR) is 76.0 cm³/mol. The van der Waals surface area contributed by atoms with Crippen LogP contribution in [0.25, 0.3) is 0 Å². The summed E-state index contributed by atoms with van der Waals surface area (Å²) < 4.78 is 32.1. The number of ether oxygens (including phenoxy) is 1. The molecule has 0 aliphatic carbocycles. The molecule has 108 valence electrons. The largest absolute Gasteiger partial charge is 0.385 e. The zero-order valence-electron chi connectivity index (χ0n) is 10.5. The molecule has 0 amide bonds. The van der Waals surface area contributed by atoms with Crippen LogP contribution in [0.2, 0.25) is 0 Å². The molecule has 0 saturated heterocycles. The Morgan fingerprint density at radius 2 is 2.21 bits per heavy atom. The third-order valence-corrected chi connectivity index (χ3v) is 4.22. The van der Waals surface area contributed by atoms with Crippen LogP contribution >= 0.6 is 15.9 Å². The highest BCUT2D eigenvalue weighted by Crippen LogP contribution is 2.21. The lowest BCUT2D eigenvalue weighted by atomic mass is 10.3. The van der Waals surface area contributed by atoms with Crippen molar-refractivity contribution in [3.05, 3.63) is 16.7 Å². The monoisotopic (exact) mass is 352 g/mol. The minimum absolute atomic E-state index is 0.0103. The van der Waals surface area contributed by atoms with Gasteiger partial charge in [0.15, 0.2) is 5.82 Å². The fraction of sp³-hybridized carbons (Fsp3) is 0.500. The Bertz CT molecular complexity index is 509. The van der Waals surface area contributed by atoms with Gasteiger partial charge in [-0.3, -0.25) is 0 Å². The molecule has 0 aromatic carbocycles. The van der Waals surface area contributed by atoms with Crippen LogP contribution in [0.3, 0.4) is 0 Å². The minimum atomic E-state index is -3.64. The van der Waals surface area contributed by atoms with Crippen molar-refractivity contribution in [1.29, 1.82) is 0 Å². The number of pyridine rings is 1. The third-order valence-electron chi connectivity index (χ3n) is 2.31. The second kappa shape index (κ2) is 7.75. The molecular formula is C10H17BrN4O3S. The molecular weight excluding hydrogens is 336 g/mol. The Balaban J connectivity index is 2.74. The minimum Gasteiger partial charge on any atom is -0.385 e. The van der Waals surface area contributed by atoms with Crippen LogP contribution in [0.1, 0.15) is 12.8 Å². The van der Waals surface area contributed by atoms with Gasteiger partial charge in [0.2, 0.25) is 10.0 Å². The molecule has 0 spiro atoms. The lowest BCUT2D eigenvalue weighted by Gasteiger charge is -2.10. The summed E-state index contributed by atoms with van der Waals surface area (Å²) in [5.41, 5.74) is 2.27. The number of halogens is 1. The lowest BCUT2D eigenvalue weighted by molar-refractivity contribution is 0.193. The highest BCUT2D eigenvalue weighted by atomic mass is 79.9. The number of unbranched alkanes of at least 4 members (excludes halogenated alkanes) is 1. The average Bonchev–Trinajstić information content (AvgIpc) is 2.38. The van der Waals surface area contributed by atoms with Crippen LogP contribution < -0.4 is 16.0 Å². The number of nitrogens with zero attached hydrogens (tertiary/aromatic N) is 1. The molecule has 1 rings (SSSR count). The molecule has 7 nitrogen and oxygen atoms in total. The normalized spacial score (nSPS) is 11.5. The number of nitrogens with two attached hydrogens (primary N) is 1. The maximum Gasteiger partial charge on any atom is 0.244 e. The van der Waals surface area contributed by atoms with E-state index >= 15 is 0 Å². The Kier molecular flexibility index (Phi) is 6.66. The fourth-order valence-corrected chi connectivity index (χ4v) is 3.09. The van der Waals surface area contributed by atoms with E-state index in [0.717, 1.165) is 6.42 Å². The van der Waals surface area contributed by atoms with Crippen molar-refractivity contribution < 1.29 is 13.2 Å². The number of aromatic nitrogens is 1. The maximum atomic E-state index is 12.1. The summed E-state index contributed by atoms with van der Waals surface area (Å²) in [5, 5.41) is 0. The van der Waals surface area contributed by atoms with Crippen LogP contribution in [0.15, 0.2) is 21.6 Å². The number of nitrogens with one attached hydrogen (secondary N) is 2. The van der Waals surface area contributed by atoms with E-state index in [1.165, 1.54) is 12.3 Å². The van der Waals surface area contributed by atoms with Gasteiger partial charge in [-0.2, -0.15) is 0 Å². The van der Waals surface area contributed by atoms with Crippen LogP contribution in [0.5, 0.6) is 0 Å². The number of sulfonamides is 1. The second-order valence-electron chi connectivity index (χ2n) is 3.74. The van der Waals surface area contributed by atoms with Gasteiger partial charge < -0.3 is 10.2 Å². The summed E-state index contributed by atoms with van der Waals surface area (Å²) in [4.78, 5) is 3.91. The zero-order chi connectivity index (χ0) is 14.3. The summed E-state index contributed by atoms with van der Waals surface area (Å²) in [5.74, 6) is 5.36. The molecule has 0 radical (unpaired) electrons. The number of hydrazine groups is 1. The highest BCUT2D eigenvalue weighted by Gasteiger charge is 2.19. The van der Waals surface area contributed by atoms with E-state index in [1.807, 2.05) is 0 Å². The van der Waals surface area contributed by atoms with Crippen molar-refractivity contribution in [2.45, 2.75) is 17.7 Å². The van der Waals surface area contributed by atoms with E-state index in [1.54, 1.807) is 7.11 Å². The van der Waals surface area contributed by atoms with E-state index < -0.39 is 10.0 Å². The molecule has 1 heterocycles. The Morgan fingerprint density at radius 1 is 1.47 bits per heavy atom. The quantitative estimate of drug-likeness (QED) is 0.363. The molecule has 1 aromatic rings. The molecule has 4 N–H and O–H groups in total. The van der Waals surface area contributed by atoms with Gasteiger partial charge in [-0.25, -0.2) is 24.0 Å². The van der Waals surface area contributed by atoms with Crippen molar-refractivity contribution in [3.63, 3.8) is 0 Å². The summed E-state index contributed by atoms with van der Waals surface area (Å²) in [7, 11) is -2.03. The molecule has 0 unspecified atom stereocenters. The van der Waals surface area contributed by atoms with E-state index in [4.69, 9.17) is 10.6 Å². The standard InChI is InChI=1S/C10H17BrN4O3S/c1-18-5-3-2-4-14-19(16,17)9-6-8(11)7-13-10(9)15-12/h6-7,14H,2-5,12H2,1H3,(H,13,15). The van der Waals surface area contributed by atoms with E-state index in [-0.39, 0.29) is 10.7 Å². The first-order valence-corrected chi connectivity index (χ1v) is 7.89. The Morgan fingerprint density at radius 3 is 2.84 bits per heavy atom. The first-order chi connectivity index (χ1) is 9.01. The average molecular weight is 353 g/mol. The van der Waals surface area contributed by atoms with E-state index in [2.05, 4.69) is 31.1 Å². The highest BCUT2D eigenvalue weighted by molar-refractivity contribution is 9.10. The maximum absolute atomic E-state index is 12.1. The number of hydrogen-bond donors (Lipinski definition) is 3. The number of nitrogen functional groups attached to an aromatic ring is 1. The lowest BCUT2D eigenvalue weighted by Crippen LogP contribution is -2.27. The van der Waals surface area contributed by atoms with Crippen LogP contribution in [0, 0.1) is 0 Å². The van der Waals surface area contributed by atoms with Crippen LogP contribution in [-0.2, 0) is 14.8 Å². The molecule has 1 aromatic heterocycles. The Hall–Kier alpha value is -0.740. The molecule has 19 heavy (non-hydrogen) atoms. The first kappa shape index (κ1) is 16.3. The summed E-state index contributed by atoms with van der Waals surface area (Å²) in [6, 6.07) is 1.44. The van der Waals surface area contributed by atoms with Crippen molar-refractivity contribution in [2.24, 2.45) is 5.84 Å². The van der Waals surface area contributed by atoms with Crippen LogP contribution in [0.4, 0.5) is 5.82 Å². The van der Waals surface area contributed by atoms with E-state index in [0.29, 0.717) is 24.0 Å². The molecule has 0 saturated carbocycles. The molecule has 0 aliphatic heterocycles. The van der Waals surface area contributed by atoms with Gasteiger partial charge in [-0.15, -0.1) is 0 Å². The van der Waals surface area contributed by atoms with Gasteiger partial charge in [0.25, 0.3) is 0 Å². The molecule has 0 bridgehead atoms. The molecule has 0 aliphatic rings. The number of anilines is 1. The van der Waals surface area contributed by atoms with Crippen molar-refractivity contribution >= 4 is 31.8 Å². The molecule has 0 fully saturated rings. The van der Waals surface area contributed by atoms with Gasteiger partial charge >= 0.3 is 0 Å². The number of methoxy groups -OCH3 is 1. The topological polar surface area (TPSA) is 106 Å². The zero-order valence-corrected chi connectivity index (χ0v) is 12.9. The Labute approximate surface area is 121 Å². The predicted octanol–water partition coefficient (Wildman–Crippen LogP) is 0.835. The smallest absolute Gasteiger partial charge is 0.244 e. The molecule has 0 atom stereocenters. The first-order valence-electron chi connectivity index (χ1n) is 5.62. The van der Waals surface area contributed by atoms with Gasteiger partial charge in [-0.05, 0) is 34.8 Å². The number of hydrogen-bond acceptors (Lipinski definition) is 6. The van der Waals surface area contributed by atoms with E-state index in [9.17, 15) is 8.42 Å². The third kappa shape index (κ3) is 5.03. The van der Waals surface area contributed by atoms with Gasteiger partial charge in [0, 0.05) is 30.9 Å². The second-order valence-corrected chi connectivity index (χ2v) is 6.39. The van der Waals surface area contributed by atoms with Gasteiger partial charge in [0.05, 0.1) is 0 Å². The summed E-state index contributed by atoms with van der Waals surface area (Å²) in [6.45, 7) is 0.942. The summed E-state index contributed by atoms with van der Waals surface area (Å²) >= 11 is 3.18. The van der Waals surface area contributed by atoms with Crippen molar-refractivity contribution in [3.8, 4) is 0 Å². The molecule has 9 heteroatoms. The van der Waals surface area contributed by atoms with Crippen molar-refractivity contribution in [1.82, 2.24) is 9.71 Å². The van der Waals surface area contributed by atoms with Gasteiger partial charge in [-0.1, -0.05) is 0 Å². The summed E-state index contributed by atoms with van der Waals surface area (Å²) in [6.07, 6.45) is 2.95.